The molecule has 5 nitrogen and oxygen atoms in total. The van der Waals surface area contributed by atoms with Gasteiger partial charge in [0.25, 0.3) is 0 Å². The molecular formula is C19H19N3O2S. The van der Waals surface area contributed by atoms with Crippen molar-refractivity contribution < 1.29 is 9.32 Å². The van der Waals surface area contributed by atoms with Gasteiger partial charge < -0.3 is 9.42 Å². The topological polar surface area (TPSA) is 59.2 Å². The second-order valence-corrected chi connectivity index (χ2v) is 7.24. The first-order valence-corrected chi connectivity index (χ1v) is 9.37. The van der Waals surface area contributed by atoms with Crippen molar-refractivity contribution in [2.24, 2.45) is 0 Å². The maximum atomic E-state index is 12.7. The van der Waals surface area contributed by atoms with Gasteiger partial charge >= 0.3 is 0 Å². The van der Waals surface area contributed by atoms with E-state index in [-0.39, 0.29) is 11.9 Å². The first-order valence-electron chi connectivity index (χ1n) is 8.49. The van der Waals surface area contributed by atoms with E-state index in [1.807, 2.05) is 40.6 Å². The van der Waals surface area contributed by atoms with Gasteiger partial charge in [-0.25, -0.2) is 0 Å². The Morgan fingerprint density at radius 1 is 1.32 bits per heavy atom. The van der Waals surface area contributed by atoms with Crippen molar-refractivity contribution in [2.45, 2.75) is 38.6 Å². The molecule has 1 aromatic carbocycles. The summed E-state index contributed by atoms with van der Waals surface area (Å²) in [4.78, 5) is 20.0. The Bertz CT molecular complexity index is 872. The number of thiophene rings is 1. The maximum Gasteiger partial charge on any atom is 0.227 e. The number of anilines is 1. The summed E-state index contributed by atoms with van der Waals surface area (Å²) >= 11 is 1.58. The molecule has 2 aromatic heterocycles. The summed E-state index contributed by atoms with van der Waals surface area (Å²) in [7, 11) is 0. The number of hydrogen-bond donors (Lipinski definition) is 0. The highest BCUT2D eigenvalue weighted by Gasteiger charge is 2.30. The quantitative estimate of drug-likeness (QED) is 0.693. The van der Waals surface area contributed by atoms with E-state index in [1.54, 1.807) is 11.3 Å². The van der Waals surface area contributed by atoms with Crippen LogP contribution in [0.15, 0.2) is 46.3 Å². The first-order chi connectivity index (χ1) is 12.2. The normalized spacial score (nSPS) is 16.2. The predicted molar refractivity (Wildman–Crippen MR) is 97.6 cm³/mol. The van der Waals surface area contributed by atoms with E-state index in [0.29, 0.717) is 31.0 Å². The molecule has 25 heavy (non-hydrogen) atoms. The molecule has 6 heteroatoms. The van der Waals surface area contributed by atoms with Crippen molar-refractivity contribution in [3.63, 3.8) is 0 Å². The highest BCUT2D eigenvalue weighted by atomic mass is 32.1. The number of rotatable bonds is 5. The Balaban J connectivity index is 1.35. The lowest BCUT2D eigenvalue weighted by Gasteiger charge is -2.22. The second-order valence-electron chi connectivity index (χ2n) is 6.29. The monoisotopic (exact) mass is 353 g/mol. The van der Waals surface area contributed by atoms with Gasteiger partial charge in [0, 0.05) is 24.6 Å². The molecule has 0 fully saturated rings. The van der Waals surface area contributed by atoms with Crippen molar-refractivity contribution in [1.82, 2.24) is 10.1 Å². The lowest BCUT2D eigenvalue weighted by Crippen LogP contribution is -2.35. The van der Waals surface area contributed by atoms with Crippen LogP contribution in [0.25, 0.3) is 10.7 Å². The van der Waals surface area contributed by atoms with Gasteiger partial charge in [0.2, 0.25) is 17.6 Å². The molecule has 3 aromatic rings. The van der Waals surface area contributed by atoms with Crippen LogP contribution < -0.4 is 4.90 Å². The van der Waals surface area contributed by atoms with Crippen molar-refractivity contribution in [3.8, 4) is 10.7 Å². The SMILES string of the molecule is C[C@@H]1Cc2ccccc2N1C(=O)CCCc1nc(-c2cccs2)no1. The van der Waals surface area contributed by atoms with Gasteiger partial charge in [0.15, 0.2) is 0 Å². The molecule has 0 saturated heterocycles. The lowest BCUT2D eigenvalue weighted by atomic mass is 10.1. The Hall–Kier alpha value is -2.47. The fourth-order valence-corrected chi connectivity index (χ4v) is 3.97. The molecule has 3 heterocycles. The number of carbonyl (C=O) groups is 1. The van der Waals surface area contributed by atoms with Gasteiger partial charge in [-0.2, -0.15) is 4.98 Å². The number of carbonyl (C=O) groups excluding carboxylic acids is 1. The summed E-state index contributed by atoms with van der Waals surface area (Å²) in [6.45, 7) is 2.10. The lowest BCUT2D eigenvalue weighted by molar-refractivity contribution is -0.119. The van der Waals surface area contributed by atoms with E-state index >= 15 is 0 Å². The average molecular weight is 353 g/mol. The molecule has 1 aliphatic heterocycles. The largest absolute Gasteiger partial charge is 0.339 e. The summed E-state index contributed by atoms with van der Waals surface area (Å²) in [5, 5.41) is 5.99. The van der Waals surface area contributed by atoms with Crippen LogP contribution in [-0.4, -0.2) is 22.1 Å². The van der Waals surface area contributed by atoms with E-state index in [9.17, 15) is 4.79 Å². The molecule has 1 aliphatic rings. The van der Waals surface area contributed by atoms with Gasteiger partial charge in [-0.15, -0.1) is 11.3 Å². The smallest absolute Gasteiger partial charge is 0.227 e. The van der Waals surface area contributed by atoms with Gasteiger partial charge in [-0.1, -0.05) is 29.4 Å². The number of nitrogens with zero attached hydrogens (tertiary/aromatic N) is 3. The standard InChI is InChI=1S/C19H19N3O2S/c1-13-12-14-6-2-3-7-15(14)22(13)18(23)10-4-9-17-20-19(21-24-17)16-8-5-11-25-16/h2-3,5-8,11,13H,4,9-10,12H2,1H3/t13-/m1/s1. The maximum absolute atomic E-state index is 12.7. The third-order valence-corrected chi connectivity index (χ3v) is 5.33. The van der Waals surface area contributed by atoms with Crippen LogP contribution in [0.3, 0.4) is 0 Å². The number of aryl methyl sites for hydroxylation is 1. The average Bonchev–Trinajstić information content (AvgIpc) is 3.33. The third kappa shape index (κ3) is 3.22. The molecule has 0 unspecified atom stereocenters. The number of hydrogen-bond acceptors (Lipinski definition) is 5. The summed E-state index contributed by atoms with van der Waals surface area (Å²) < 4.78 is 5.29. The van der Waals surface area contributed by atoms with Crippen molar-refractivity contribution >= 4 is 22.9 Å². The van der Waals surface area contributed by atoms with E-state index in [0.717, 1.165) is 17.0 Å². The third-order valence-electron chi connectivity index (χ3n) is 4.47. The van der Waals surface area contributed by atoms with E-state index in [4.69, 9.17) is 4.52 Å². The molecule has 1 atom stereocenters. The first kappa shape index (κ1) is 16.0. The van der Waals surface area contributed by atoms with Crippen LogP contribution in [0.2, 0.25) is 0 Å². The summed E-state index contributed by atoms with van der Waals surface area (Å²) in [5.74, 6) is 1.37. The summed E-state index contributed by atoms with van der Waals surface area (Å²) in [6, 6.07) is 12.3. The molecule has 0 bridgehead atoms. The van der Waals surface area contributed by atoms with Crippen molar-refractivity contribution in [2.75, 3.05) is 4.90 Å². The number of benzene rings is 1. The van der Waals surface area contributed by atoms with Crippen LogP contribution in [0.5, 0.6) is 0 Å². The van der Waals surface area contributed by atoms with E-state index < -0.39 is 0 Å². The number of amides is 1. The van der Waals surface area contributed by atoms with Crippen LogP contribution in [0.1, 0.15) is 31.2 Å². The number of aromatic nitrogens is 2. The number of fused-ring (bicyclic) bond motifs is 1. The summed E-state index contributed by atoms with van der Waals surface area (Å²) in [6.07, 6.45) is 2.73. The van der Waals surface area contributed by atoms with Gasteiger partial charge in [-0.3, -0.25) is 4.79 Å². The highest BCUT2D eigenvalue weighted by molar-refractivity contribution is 7.13. The minimum absolute atomic E-state index is 0.162. The summed E-state index contributed by atoms with van der Waals surface area (Å²) in [5.41, 5.74) is 2.30. The van der Waals surface area contributed by atoms with E-state index in [1.165, 1.54) is 5.56 Å². The molecule has 0 N–H and O–H groups in total. The molecule has 0 radical (unpaired) electrons. The fourth-order valence-electron chi connectivity index (χ4n) is 3.32. The Morgan fingerprint density at radius 3 is 3.04 bits per heavy atom. The minimum Gasteiger partial charge on any atom is -0.339 e. The molecule has 0 spiro atoms. The zero-order valence-corrected chi connectivity index (χ0v) is 14.8. The van der Waals surface area contributed by atoms with Crippen molar-refractivity contribution in [1.29, 1.82) is 0 Å². The van der Waals surface area contributed by atoms with E-state index in [2.05, 4.69) is 23.1 Å². The molecule has 128 valence electrons. The van der Waals surface area contributed by atoms with Crippen LogP contribution in [0.4, 0.5) is 5.69 Å². The predicted octanol–water partition coefficient (Wildman–Crippen LogP) is 4.10. The fraction of sp³-hybridized carbons (Fsp3) is 0.316. The molecular weight excluding hydrogens is 334 g/mol. The van der Waals surface area contributed by atoms with Gasteiger partial charge in [0.1, 0.15) is 0 Å². The van der Waals surface area contributed by atoms with Crippen LogP contribution in [0, 0.1) is 0 Å². The zero-order valence-electron chi connectivity index (χ0n) is 14.0. The Morgan fingerprint density at radius 2 is 2.20 bits per heavy atom. The van der Waals surface area contributed by atoms with Gasteiger partial charge in [0.05, 0.1) is 4.88 Å². The minimum atomic E-state index is 0.162. The zero-order chi connectivity index (χ0) is 17.2. The molecule has 0 saturated carbocycles. The van der Waals surface area contributed by atoms with Crippen LogP contribution in [-0.2, 0) is 17.6 Å². The number of para-hydroxylation sites is 1. The van der Waals surface area contributed by atoms with Crippen molar-refractivity contribution in [3.05, 3.63) is 53.2 Å². The molecule has 0 aliphatic carbocycles. The highest BCUT2D eigenvalue weighted by Crippen LogP contribution is 2.32. The Kier molecular flexibility index (Phi) is 4.36. The molecule has 1 amide bonds. The second kappa shape index (κ2) is 6.80. The molecule has 4 rings (SSSR count). The Labute approximate surface area is 150 Å². The van der Waals surface area contributed by atoms with Gasteiger partial charge in [-0.05, 0) is 42.8 Å². The van der Waals surface area contributed by atoms with Crippen LogP contribution >= 0.6 is 11.3 Å².